The van der Waals surface area contributed by atoms with Gasteiger partial charge in [0, 0.05) is 13.1 Å². The molecule has 5 heteroatoms. The highest BCUT2D eigenvalue weighted by molar-refractivity contribution is 5.79. The Balaban J connectivity index is 2.54. The first-order valence-corrected chi connectivity index (χ1v) is 9.03. The van der Waals surface area contributed by atoms with Crippen molar-refractivity contribution >= 4 is 5.96 Å². The molecule has 24 heavy (non-hydrogen) atoms. The molecule has 1 aromatic rings. The maximum absolute atomic E-state index is 10.3. The van der Waals surface area contributed by atoms with Crippen molar-refractivity contribution in [3.8, 4) is 5.75 Å². The molecule has 0 aliphatic rings. The number of guanidine groups is 1. The van der Waals surface area contributed by atoms with Gasteiger partial charge in [0.15, 0.2) is 5.96 Å². The van der Waals surface area contributed by atoms with E-state index in [2.05, 4.69) is 22.5 Å². The summed E-state index contributed by atoms with van der Waals surface area (Å²) in [4.78, 5) is 4.47. The second kappa shape index (κ2) is 11.7. The molecule has 0 aromatic heterocycles. The second-order valence-electron chi connectivity index (χ2n) is 6.10. The molecular weight excluding hydrogens is 302 g/mol. The van der Waals surface area contributed by atoms with Gasteiger partial charge in [0.05, 0.1) is 18.8 Å². The van der Waals surface area contributed by atoms with Crippen LogP contribution in [0.1, 0.15) is 58.6 Å². The lowest BCUT2D eigenvalue weighted by molar-refractivity contribution is 0.186. The largest absolute Gasteiger partial charge is 0.491 e. The molecule has 0 heterocycles. The summed E-state index contributed by atoms with van der Waals surface area (Å²) in [6.45, 7) is 10.2. The standard InChI is InChI=1S/C19H33N3O2/c1-5-7-8-13-21-19(20-6-2)22-14-18(23)16-9-11-17(12-10-16)24-15(3)4/h9-12,15,18,23H,5-8,13-14H2,1-4H3,(H2,20,21,22). The van der Waals surface area contributed by atoms with Gasteiger partial charge in [0.1, 0.15) is 5.75 Å². The lowest BCUT2D eigenvalue weighted by Gasteiger charge is -2.14. The van der Waals surface area contributed by atoms with Crippen molar-refractivity contribution in [3.05, 3.63) is 29.8 Å². The molecule has 1 aromatic carbocycles. The van der Waals surface area contributed by atoms with Gasteiger partial charge in [-0.1, -0.05) is 31.9 Å². The summed E-state index contributed by atoms with van der Waals surface area (Å²) in [7, 11) is 0. The second-order valence-corrected chi connectivity index (χ2v) is 6.10. The SMILES string of the molecule is CCCCCNC(=NCC(O)c1ccc(OC(C)C)cc1)NCC. The van der Waals surface area contributed by atoms with Crippen molar-refractivity contribution in [2.75, 3.05) is 19.6 Å². The van der Waals surface area contributed by atoms with E-state index in [0.29, 0.717) is 6.54 Å². The first kappa shape index (κ1) is 20.3. The molecule has 1 atom stereocenters. The lowest BCUT2D eigenvalue weighted by atomic mass is 10.1. The van der Waals surface area contributed by atoms with E-state index in [1.807, 2.05) is 45.0 Å². The van der Waals surface area contributed by atoms with Gasteiger partial charge in [-0.2, -0.15) is 0 Å². The van der Waals surface area contributed by atoms with E-state index in [-0.39, 0.29) is 6.10 Å². The van der Waals surface area contributed by atoms with Gasteiger partial charge in [-0.15, -0.1) is 0 Å². The Morgan fingerprint density at radius 1 is 1.12 bits per heavy atom. The number of hydrogen-bond donors (Lipinski definition) is 3. The first-order valence-electron chi connectivity index (χ1n) is 9.03. The van der Waals surface area contributed by atoms with Crippen LogP contribution in [0.5, 0.6) is 5.75 Å². The van der Waals surface area contributed by atoms with Crippen LogP contribution < -0.4 is 15.4 Å². The molecule has 0 bridgehead atoms. The number of aliphatic hydroxyl groups excluding tert-OH is 1. The van der Waals surface area contributed by atoms with Crippen LogP contribution in [0, 0.1) is 0 Å². The van der Waals surface area contributed by atoms with Crippen molar-refractivity contribution in [2.45, 2.75) is 59.2 Å². The minimum Gasteiger partial charge on any atom is -0.491 e. The summed E-state index contributed by atoms with van der Waals surface area (Å²) in [6.07, 6.45) is 3.06. The number of rotatable bonds is 10. The number of aliphatic hydroxyl groups is 1. The predicted molar refractivity (Wildman–Crippen MR) is 101 cm³/mol. The van der Waals surface area contributed by atoms with Crippen LogP contribution in [-0.2, 0) is 0 Å². The lowest BCUT2D eigenvalue weighted by Crippen LogP contribution is -2.38. The van der Waals surface area contributed by atoms with Crippen LogP contribution in [0.4, 0.5) is 0 Å². The summed E-state index contributed by atoms with van der Waals surface area (Å²) in [5.41, 5.74) is 0.844. The Labute approximate surface area is 146 Å². The first-order chi connectivity index (χ1) is 11.6. The molecule has 0 aliphatic heterocycles. The smallest absolute Gasteiger partial charge is 0.191 e. The Hall–Kier alpha value is -1.75. The number of hydrogen-bond acceptors (Lipinski definition) is 3. The fraction of sp³-hybridized carbons (Fsp3) is 0.632. The zero-order valence-electron chi connectivity index (χ0n) is 15.5. The molecular formula is C19H33N3O2. The molecule has 0 aliphatic carbocycles. The summed E-state index contributed by atoms with van der Waals surface area (Å²) < 4.78 is 5.61. The maximum atomic E-state index is 10.3. The highest BCUT2D eigenvalue weighted by atomic mass is 16.5. The van der Waals surface area contributed by atoms with Gasteiger partial charge >= 0.3 is 0 Å². The van der Waals surface area contributed by atoms with Gasteiger partial charge < -0.3 is 20.5 Å². The Bertz CT molecular complexity index is 472. The van der Waals surface area contributed by atoms with Gasteiger partial charge in [-0.3, -0.25) is 4.99 Å². The van der Waals surface area contributed by atoms with E-state index in [1.165, 1.54) is 12.8 Å². The van der Waals surface area contributed by atoms with Crippen molar-refractivity contribution in [3.63, 3.8) is 0 Å². The summed E-state index contributed by atoms with van der Waals surface area (Å²) >= 11 is 0. The van der Waals surface area contributed by atoms with Crippen LogP contribution in [0.2, 0.25) is 0 Å². The van der Waals surface area contributed by atoms with E-state index < -0.39 is 6.10 Å². The van der Waals surface area contributed by atoms with E-state index >= 15 is 0 Å². The molecule has 0 amide bonds. The summed E-state index contributed by atoms with van der Waals surface area (Å²) in [5.74, 6) is 1.57. The normalized spacial score (nSPS) is 13.0. The number of unbranched alkanes of at least 4 members (excludes halogenated alkanes) is 2. The number of nitrogens with zero attached hydrogens (tertiary/aromatic N) is 1. The molecule has 0 saturated carbocycles. The minimum absolute atomic E-state index is 0.145. The minimum atomic E-state index is -0.621. The average molecular weight is 335 g/mol. The zero-order valence-corrected chi connectivity index (χ0v) is 15.5. The molecule has 0 saturated heterocycles. The van der Waals surface area contributed by atoms with E-state index in [0.717, 1.165) is 36.8 Å². The van der Waals surface area contributed by atoms with Crippen molar-refractivity contribution in [2.24, 2.45) is 4.99 Å². The van der Waals surface area contributed by atoms with Crippen LogP contribution >= 0.6 is 0 Å². The Kier molecular flexibility index (Phi) is 9.92. The molecule has 0 spiro atoms. The van der Waals surface area contributed by atoms with Crippen molar-refractivity contribution < 1.29 is 9.84 Å². The average Bonchev–Trinajstić information content (AvgIpc) is 2.56. The van der Waals surface area contributed by atoms with Crippen LogP contribution in [0.25, 0.3) is 0 Å². The number of aliphatic imine (C=N–C) groups is 1. The zero-order chi connectivity index (χ0) is 17.8. The molecule has 3 N–H and O–H groups in total. The Morgan fingerprint density at radius 2 is 1.83 bits per heavy atom. The van der Waals surface area contributed by atoms with Gasteiger partial charge in [-0.25, -0.2) is 0 Å². The van der Waals surface area contributed by atoms with Crippen molar-refractivity contribution in [1.82, 2.24) is 10.6 Å². The molecule has 1 unspecified atom stereocenters. The van der Waals surface area contributed by atoms with Crippen LogP contribution in [0.15, 0.2) is 29.3 Å². The third kappa shape index (κ3) is 8.20. The molecule has 0 fully saturated rings. The van der Waals surface area contributed by atoms with Gasteiger partial charge in [0.25, 0.3) is 0 Å². The fourth-order valence-electron chi connectivity index (χ4n) is 2.25. The van der Waals surface area contributed by atoms with E-state index in [9.17, 15) is 5.11 Å². The highest BCUT2D eigenvalue weighted by Gasteiger charge is 2.08. The van der Waals surface area contributed by atoms with Crippen LogP contribution in [-0.4, -0.2) is 36.8 Å². The fourth-order valence-corrected chi connectivity index (χ4v) is 2.25. The third-order valence-corrected chi connectivity index (χ3v) is 3.48. The van der Waals surface area contributed by atoms with Gasteiger partial charge in [-0.05, 0) is 44.9 Å². The molecule has 5 nitrogen and oxygen atoms in total. The van der Waals surface area contributed by atoms with Crippen molar-refractivity contribution in [1.29, 1.82) is 0 Å². The summed E-state index contributed by atoms with van der Waals surface area (Å²) in [6, 6.07) is 7.55. The monoisotopic (exact) mass is 335 g/mol. The van der Waals surface area contributed by atoms with E-state index in [1.54, 1.807) is 0 Å². The predicted octanol–water partition coefficient (Wildman–Crippen LogP) is 3.25. The van der Waals surface area contributed by atoms with Crippen LogP contribution in [0.3, 0.4) is 0 Å². The van der Waals surface area contributed by atoms with E-state index in [4.69, 9.17) is 4.74 Å². The number of nitrogens with one attached hydrogen (secondary N) is 2. The summed E-state index contributed by atoms with van der Waals surface area (Å²) in [5, 5.41) is 16.8. The quantitative estimate of drug-likeness (QED) is 0.349. The highest BCUT2D eigenvalue weighted by Crippen LogP contribution is 2.19. The number of benzene rings is 1. The molecule has 1 rings (SSSR count). The maximum Gasteiger partial charge on any atom is 0.191 e. The molecule has 136 valence electrons. The Morgan fingerprint density at radius 3 is 2.42 bits per heavy atom. The number of ether oxygens (including phenoxy) is 1. The van der Waals surface area contributed by atoms with Gasteiger partial charge in [0.2, 0.25) is 0 Å². The molecule has 0 radical (unpaired) electrons. The topological polar surface area (TPSA) is 65.9 Å². The third-order valence-electron chi connectivity index (χ3n) is 3.48.